The molecule has 1 aromatic carbocycles. The molecule has 1 N–H and O–H groups in total. The molecule has 18 heavy (non-hydrogen) atoms. The molecule has 2 fully saturated rings. The molecular formula is C16H24N2. The number of hydrogen-bond acceptors (Lipinski definition) is 2. The Morgan fingerprint density at radius 2 is 2.00 bits per heavy atom. The molecule has 2 saturated heterocycles. The molecule has 2 unspecified atom stereocenters. The highest BCUT2D eigenvalue weighted by atomic mass is 15.2. The average molecular weight is 244 g/mol. The average Bonchev–Trinajstić information content (AvgIpc) is 2.94. The molecule has 3 rings (SSSR count). The van der Waals surface area contributed by atoms with Crippen LogP contribution in [0.15, 0.2) is 24.3 Å². The lowest BCUT2D eigenvalue weighted by molar-refractivity contribution is 0.318. The minimum Gasteiger partial charge on any atom is -0.380 e. The van der Waals surface area contributed by atoms with Gasteiger partial charge in [-0.15, -0.1) is 0 Å². The number of rotatable bonds is 3. The Labute approximate surface area is 110 Å². The summed E-state index contributed by atoms with van der Waals surface area (Å²) in [5.74, 6) is 0.592. The highest BCUT2D eigenvalue weighted by Crippen LogP contribution is 2.32. The van der Waals surface area contributed by atoms with Gasteiger partial charge in [0.15, 0.2) is 0 Å². The first kappa shape index (κ1) is 12.0. The standard InChI is InChI=1S/C16H24N2/c1-12(2)13-6-3-4-7-14(13)17-15-9-11-18-10-5-8-16(15)18/h3-4,6-7,12,15-17H,5,8-11H2,1-2H3. The number of fused-ring (bicyclic) bond motifs is 1. The Bertz CT molecular complexity index is 413. The lowest BCUT2D eigenvalue weighted by Gasteiger charge is -2.24. The fraction of sp³-hybridized carbons (Fsp3) is 0.625. The largest absolute Gasteiger partial charge is 0.380 e. The van der Waals surface area contributed by atoms with Crippen molar-refractivity contribution in [2.45, 2.75) is 51.1 Å². The minimum absolute atomic E-state index is 0.592. The Morgan fingerprint density at radius 1 is 1.17 bits per heavy atom. The van der Waals surface area contributed by atoms with E-state index in [2.05, 4.69) is 48.3 Å². The van der Waals surface area contributed by atoms with Crippen LogP contribution in [0.3, 0.4) is 0 Å². The molecule has 2 heteroatoms. The first-order valence-corrected chi connectivity index (χ1v) is 7.35. The van der Waals surface area contributed by atoms with Gasteiger partial charge < -0.3 is 5.32 Å². The smallest absolute Gasteiger partial charge is 0.0429 e. The van der Waals surface area contributed by atoms with Gasteiger partial charge in [0.05, 0.1) is 0 Å². The monoisotopic (exact) mass is 244 g/mol. The van der Waals surface area contributed by atoms with Gasteiger partial charge in [-0.1, -0.05) is 32.0 Å². The van der Waals surface area contributed by atoms with Crippen molar-refractivity contribution in [3.05, 3.63) is 29.8 Å². The Kier molecular flexibility index (Phi) is 3.29. The van der Waals surface area contributed by atoms with E-state index in [1.54, 1.807) is 0 Å². The van der Waals surface area contributed by atoms with E-state index in [-0.39, 0.29) is 0 Å². The normalized spacial score (nSPS) is 27.7. The number of hydrogen-bond donors (Lipinski definition) is 1. The number of nitrogens with one attached hydrogen (secondary N) is 1. The minimum atomic E-state index is 0.592. The molecule has 2 atom stereocenters. The molecule has 0 aliphatic carbocycles. The van der Waals surface area contributed by atoms with Gasteiger partial charge in [0.1, 0.15) is 0 Å². The predicted molar refractivity (Wildman–Crippen MR) is 77.2 cm³/mol. The molecule has 0 saturated carbocycles. The van der Waals surface area contributed by atoms with E-state index in [1.165, 1.54) is 43.6 Å². The van der Waals surface area contributed by atoms with Crippen LogP contribution in [0.2, 0.25) is 0 Å². The maximum Gasteiger partial charge on any atom is 0.0429 e. The molecule has 0 bridgehead atoms. The van der Waals surface area contributed by atoms with E-state index in [4.69, 9.17) is 0 Å². The highest BCUT2D eigenvalue weighted by Gasteiger charge is 2.37. The van der Waals surface area contributed by atoms with Gasteiger partial charge in [-0.25, -0.2) is 0 Å². The van der Waals surface area contributed by atoms with Crippen LogP contribution in [0.4, 0.5) is 5.69 Å². The maximum atomic E-state index is 3.82. The summed E-state index contributed by atoms with van der Waals surface area (Å²) in [7, 11) is 0. The molecule has 1 aromatic rings. The topological polar surface area (TPSA) is 15.3 Å². The summed E-state index contributed by atoms with van der Waals surface area (Å²) in [6.45, 7) is 7.15. The second-order valence-electron chi connectivity index (χ2n) is 6.03. The molecular weight excluding hydrogens is 220 g/mol. The van der Waals surface area contributed by atoms with Crippen LogP contribution >= 0.6 is 0 Å². The molecule has 2 nitrogen and oxygen atoms in total. The third kappa shape index (κ3) is 2.14. The van der Waals surface area contributed by atoms with E-state index in [1.807, 2.05) is 0 Å². The number of benzene rings is 1. The Morgan fingerprint density at radius 3 is 2.83 bits per heavy atom. The van der Waals surface area contributed by atoms with Crippen LogP contribution in [-0.2, 0) is 0 Å². The lowest BCUT2D eigenvalue weighted by atomic mass is 9.99. The van der Waals surface area contributed by atoms with E-state index < -0.39 is 0 Å². The highest BCUT2D eigenvalue weighted by molar-refractivity contribution is 5.53. The second kappa shape index (κ2) is 4.93. The zero-order valence-corrected chi connectivity index (χ0v) is 11.5. The van der Waals surface area contributed by atoms with Crippen LogP contribution in [0, 0.1) is 0 Å². The van der Waals surface area contributed by atoms with Crippen molar-refractivity contribution in [1.82, 2.24) is 4.90 Å². The van der Waals surface area contributed by atoms with Crippen molar-refractivity contribution in [1.29, 1.82) is 0 Å². The van der Waals surface area contributed by atoms with Crippen molar-refractivity contribution in [3.63, 3.8) is 0 Å². The van der Waals surface area contributed by atoms with Gasteiger partial charge in [-0.3, -0.25) is 4.90 Å². The summed E-state index contributed by atoms with van der Waals surface area (Å²) in [6, 6.07) is 10.2. The van der Waals surface area contributed by atoms with Crippen molar-refractivity contribution in [2.24, 2.45) is 0 Å². The fourth-order valence-corrected chi connectivity index (χ4v) is 3.58. The third-order valence-corrected chi connectivity index (χ3v) is 4.53. The van der Waals surface area contributed by atoms with Crippen molar-refractivity contribution < 1.29 is 0 Å². The summed E-state index contributed by atoms with van der Waals surface area (Å²) in [5.41, 5.74) is 2.81. The summed E-state index contributed by atoms with van der Waals surface area (Å²) >= 11 is 0. The van der Waals surface area contributed by atoms with Crippen molar-refractivity contribution in [3.8, 4) is 0 Å². The quantitative estimate of drug-likeness (QED) is 0.876. The Balaban J connectivity index is 1.76. The molecule has 98 valence electrons. The fourth-order valence-electron chi connectivity index (χ4n) is 3.58. The van der Waals surface area contributed by atoms with Gasteiger partial charge in [-0.2, -0.15) is 0 Å². The summed E-state index contributed by atoms with van der Waals surface area (Å²) < 4.78 is 0. The van der Waals surface area contributed by atoms with Crippen LogP contribution < -0.4 is 5.32 Å². The van der Waals surface area contributed by atoms with E-state index in [0.717, 1.165) is 6.04 Å². The number of para-hydroxylation sites is 1. The van der Waals surface area contributed by atoms with E-state index in [0.29, 0.717) is 12.0 Å². The van der Waals surface area contributed by atoms with Crippen molar-refractivity contribution in [2.75, 3.05) is 18.4 Å². The molecule has 2 aliphatic heterocycles. The van der Waals surface area contributed by atoms with Crippen LogP contribution in [0.1, 0.15) is 44.6 Å². The van der Waals surface area contributed by atoms with Gasteiger partial charge in [0, 0.05) is 24.3 Å². The molecule has 0 radical (unpaired) electrons. The third-order valence-electron chi connectivity index (χ3n) is 4.53. The Hall–Kier alpha value is -1.02. The predicted octanol–water partition coefficient (Wildman–Crippen LogP) is 3.46. The van der Waals surface area contributed by atoms with Crippen LogP contribution in [-0.4, -0.2) is 30.1 Å². The van der Waals surface area contributed by atoms with E-state index >= 15 is 0 Å². The molecule has 2 aliphatic rings. The first-order valence-electron chi connectivity index (χ1n) is 7.35. The second-order valence-corrected chi connectivity index (χ2v) is 6.03. The van der Waals surface area contributed by atoms with Crippen LogP contribution in [0.25, 0.3) is 0 Å². The first-order chi connectivity index (χ1) is 8.75. The molecule has 2 heterocycles. The molecule has 0 amide bonds. The summed E-state index contributed by atoms with van der Waals surface area (Å²) in [5, 5.41) is 3.82. The zero-order chi connectivity index (χ0) is 12.5. The molecule has 0 spiro atoms. The zero-order valence-electron chi connectivity index (χ0n) is 11.5. The number of nitrogens with zero attached hydrogens (tertiary/aromatic N) is 1. The summed E-state index contributed by atoms with van der Waals surface area (Å²) in [4.78, 5) is 2.66. The maximum absolute atomic E-state index is 3.82. The SMILES string of the molecule is CC(C)c1ccccc1NC1CCN2CCCC12. The van der Waals surface area contributed by atoms with Gasteiger partial charge in [0.25, 0.3) is 0 Å². The lowest BCUT2D eigenvalue weighted by Crippen LogP contribution is -2.34. The van der Waals surface area contributed by atoms with Crippen LogP contribution in [0.5, 0.6) is 0 Å². The molecule has 0 aromatic heterocycles. The van der Waals surface area contributed by atoms with Gasteiger partial charge >= 0.3 is 0 Å². The van der Waals surface area contributed by atoms with Gasteiger partial charge in [-0.05, 0) is 43.4 Å². The van der Waals surface area contributed by atoms with Gasteiger partial charge in [0.2, 0.25) is 0 Å². The summed E-state index contributed by atoms with van der Waals surface area (Å²) in [6.07, 6.45) is 4.06. The van der Waals surface area contributed by atoms with E-state index in [9.17, 15) is 0 Å². The number of anilines is 1. The van der Waals surface area contributed by atoms with Crippen molar-refractivity contribution >= 4 is 5.69 Å².